The molecule has 1 radical (unpaired) electrons. The monoisotopic (exact) mass is 341 g/mol. The van der Waals surface area contributed by atoms with Crippen LogP contribution in [0, 0.1) is 5.92 Å². The summed E-state index contributed by atoms with van der Waals surface area (Å²) in [7, 11) is 0. The maximum absolute atomic E-state index is 2.36. The van der Waals surface area contributed by atoms with Crippen molar-refractivity contribution in [1.29, 1.82) is 0 Å². The molecule has 3 aromatic carbocycles. The van der Waals surface area contributed by atoms with E-state index in [2.05, 4.69) is 99.6 Å². The molecule has 0 nitrogen and oxygen atoms in total. The van der Waals surface area contributed by atoms with Crippen molar-refractivity contribution in [1.82, 2.24) is 0 Å². The fourth-order valence-corrected chi connectivity index (χ4v) is 3.74. The molecule has 0 aliphatic rings. The Morgan fingerprint density at radius 3 is 2.00 bits per heavy atom. The molecule has 0 bridgehead atoms. The van der Waals surface area contributed by atoms with E-state index in [1.807, 2.05) is 0 Å². The van der Waals surface area contributed by atoms with Crippen LogP contribution in [-0.4, -0.2) is 0 Å². The maximum Gasteiger partial charge on any atom is 0.00654 e. The SMILES string of the molecule is CCC(C)c1c(Cc2ccccc2)cccc1[C](C)Cc1ccccc1. The standard InChI is InChI=1S/C26H29/c1-4-20(2)26-24(19-23-14-9-6-10-15-23)16-11-17-25(26)21(3)18-22-12-7-5-8-13-22/h5-17,20H,4,18-19H2,1-3H3. The minimum atomic E-state index is 0.565. The maximum atomic E-state index is 2.36. The van der Waals surface area contributed by atoms with Gasteiger partial charge in [0.05, 0.1) is 0 Å². The van der Waals surface area contributed by atoms with Gasteiger partial charge in [0, 0.05) is 5.92 Å². The highest BCUT2D eigenvalue weighted by Crippen LogP contribution is 2.33. The lowest BCUT2D eigenvalue weighted by Gasteiger charge is -2.23. The molecule has 0 aliphatic heterocycles. The van der Waals surface area contributed by atoms with Gasteiger partial charge >= 0.3 is 0 Å². The van der Waals surface area contributed by atoms with E-state index in [1.165, 1.54) is 33.7 Å². The summed E-state index contributed by atoms with van der Waals surface area (Å²) in [6.45, 7) is 6.95. The predicted octanol–water partition coefficient (Wildman–Crippen LogP) is 6.98. The first-order valence-electron chi connectivity index (χ1n) is 9.71. The second-order valence-electron chi connectivity index (χ2n) is 7.29. The molecular weight excluding hydrogens is 312 g/mol. The Morgan fingerprint density at radius 2 is 1.38 bits per heavy atom. The van der Waals surface area contributed by atoms with E-state index < -0.39 is 0 Å². The smallest absolute Gasteiger partial charge is 0.00654 e. The molecule has 3 rings (SSSR count). The number of benzene rings is 3. The largest absolute Gasteiger partial charge is 0.0648 e. The van der Waals surface area contributed by atoms with E-state index in [-0.39, 0.29) is 0 Å². The number of rotatable bonds is 7. The summed E-state index contributed by atoms with van der Waals surface area (Å²) in [4.78, 5) is 0. The second-order valence-corrected chi connectivity index (χ2v) is 7.29. The van der Waals surface area contributed by atoms with Crippen LogP contribution in [0.25, 0.3) is 0 Å². The van der Waals surface area contributed by atoms with Gasteiger partial charge in [-0.3, -0.25) is 0 Å². The van der Waals surface area contributed by atoms with Crippen LogP contribution in [0.4, 0.5) is 0 Å². The van der Waals surface area contributed by atoms with Crippen LogP contribution < -0.4 is 0 Å². The van der Waals surface area contributed by atoms with Crippen molar-refractivity contribution in [3.63, 3.8) is 0 Å². The summed E-state index contributed by atoms with van der Waals surface area (Å²) in [5.41, 5.74) is 7.21. The van der Waals surface area contributed by atoms with Gasteiger partial charge in [-0.05, 0) is 53.0 Å². The van der Waals surface area contributed by atoms with E-state index in [0.717, 1.165) is 19.3 Å². The first-order valence-corrected chi connectivity index (χ1v) is 9.71. The van der Waals surface area contributed by atoms with Gasteiger partial charge in [0.1, 0.15) is 0 Å². The highest BCUT2D eigenvalue weighted by molar-refractivity contribution is 5.47. The van der Waals surface area contributed by atoms with Crippen LogP contribution in [0.3, 0.4) is 0 Å². The topological polar surface area (TPSA) is 0 Å². The van der Waals surface area contributed by atoms with Gasteiger partial charge in [0.15, 0.2) is 0 Å². The van der Waals surface area contributed by atoms with E-state index in [1.54, 1.807) is 0 Å². The average molecular weight is 342 g/mol. The quantitative estimate of drug-likeness (QED) is 0.435. The van der Waals surface area contributed by atoms with Crippen LogP contribution in [-0.2, 0) is 12.8 Å². The Labute approximate surface area is 158 Å². The summed E-state index contributed by atoms with van der Waals surface area (Å²) >= 11 is 0. The Hall–Kier alpha value is -2.34. The summed E-state index contributed by atoms with van der Waals surface area (Å²) in [5.74, 6) is 2.03. The van der Waals surface area contributed by atoms with Crippen molar-refractivity contribution in [2.24, 2.45) is 0 Å². The molecule has 0 saturated carbocycles. The molecule has 26 heavy (non-hydrogen) atoms. The molecule has 1 atom stereocenters. The molecule has 0 fully saturated rings. The van der Waals surface area contributed by atoms with Gasteiger partial charge in [-0.25, -0.2) is 0 Å². The third kappa shape index (κ3) is 4.43. The average Bonchev–Trinajstić information content (AvgIpc) is 2.69. The lowest BCUT2D eigenvalue weighted by molar-refractivity contribution is 0.714. The molecule has 0 N–H and O–H groups in total. The minimum Gasteiger partial charge on any atom is -0.0648 e. The third-order valence-electron chi connectivity index (χ3n) is 5.31. The third-order valence-corrected chi connectivity index (χ3v) is 5.31. The van der Waals surface area contributed by atoms with Crippen molar-refractivity contribution in [2.45, 2.75) is 46.0 Å². The Kier molecular flexibility index (Phi) is 6.28. The van der Waals surface area contributed by atoms with E-state index in [4.69, 9.17) is 0 Å². The van der Waals surface area contributed by atoms with Crippen molar-refractivity contribution in [2.75, 3.05) is 0 Å². The van der Waals surface area contributed by atoms with Crippen LogP contribution >= 0.6 is 0 Å². The fraction of sp³-hybridized carbons (Fsp3) is 0.269. The van der Waals surface area contributed by atoms with Crippen LogP contribution in [0.15, 0.2) is 78.9 Å². The van der Waals surface area contributed by atoms with Crippen LogP contribution in [0.5, 0.6) is 0 Å². The molecule has 3 aromatic rings. The van der Waals surface area contributed by atoms with Crippen LogP contribution in [0.1, 0.15) is 60.9 Å². The van der Waals surface area contributed by atoms with Gasteiger partial charge in [-0.2, -0.15) is 0 Å². The van der Waals surface area contributed by atoms with Crippen molar-refractivity contribution in [3.8, 4) is 0 Å². The van der Waals surface area contributed by atoms with Gasteiger partial charge in [0.25, 0.3) is 0 Å². The molecule has 0 amide bonds. The molecule has 0 heterocycles. The van der Waals surface area contributed by atoms with Gasteiger partial charge < -0.3 is 0 Å². The normalized spacial score (nSPS) is 12.3. The van der Waals surface area contributed by atoms with E-state index >= 15 is 0 Å². The molecule has 0 saturated heterocycles. The molecule has 0 aliphatic carbocycles. The number of hydrogen-bond donors (Lipinski definition) is 0. The zero-order valence-corrected chi connectivity index (χ0v) is 16.2. The van der Waals surface area contributed by atoms with E-state index in [0.29, 0.717) is 5.92 Å². The number of hydrogen-bond acceptors (Lipinski definition) is 0. The van der Waals surface area contributed by atoms with Gasteiger partial charge in [-0.15, -0.1) is 0 Å². The minimum absolute atomic E-state index is 0.565. The van der Waals surface area contributed by atoms with Crippen molar-refractivity contribution in [3.05, 3.63) is 113 Å². The van der Waals surface area contributed by atoms with Gasteiger partial charge in [-0.1, -0.05) is 99.6 Å². The van der Waals surface area contributed by atoms with E-state index in [9.17, 15) is 0 Å². The highest BCUT2D eigenvalue weighted by Gasteiger charge is 2.19. The summed E-state index contributed by atoms with van der Waals surface area (Å²) in [6.07, 6.45) is 3.18. The fourth-order valence-electron chi connectivity index (χ4n) is 3.74. The Bertz CT molecular complexity index is 802. The predicted molar refractivity (Wildman–Crippen MR) is 113 cm³/mol. The van der Waals surface area contributed by atoms with Crippen LogP contribution in [0.2, 0.25) is 0 Å². The molecule has 133 valence electrons. The Morgan fingerprint density at radius 1 is 0.769 bits per heavy atom. The summed E-state index contributed by atoms with van der Waals surface area (Å²) in [6, 6.07) is 28.5. The summed E-state index contributed by atoms with van der Waals surface area (Å²) < 4.78 is 0. The highest BCUT2D eigenvalue weighted by atomic mass is 14.2. The first-order chi connectivity index (χ1) is 12.7. The first kappa shape index (κ1) is 18.5. The lowest BCUT2D eigenvalue weighted by atomic mass is 9.81. The zero-order valence-electron chi connectivity index (χ0n) is 16.2. The molecule has 0 spiro atoms. The lowest BCUT2D eigenvalue weighted by Crippen LogP contribution is -2.09. The molecule has 1 unspecified atom stereocenters. The molecule has 0 aromatic heterocycles. The van der Waals surface area contributed by atoms with Crippen molar-refractivity contribution >= 4 is 0 Å². The molecular formula is C26H29. The molecule has 0 heteroatoms. The van der Waals surface area contributed by atoms with Gasteiger partial charge in [0.2, 0.25) is 0 Å². The van der Waals surface area contributed by atoms with Crippen molar-refractivity contribution < 1.29 is 0 Å². The second kappa shape index (κ2) is 8.85. The summed E-state index contributed by atoms with van der Waals surface area (Å²) in [5, 5.41) is 0. The zero-order chi connectivity index (χ0) is 18.4. The Balaban J connectivity index is 1.95.